The average Bonchev–Trinajstić information content (AvgIpc) is 3.19. The first kappa shape index (κ1) is 16.8. The number of aromatic nitrogens is 2. The normalized spacial score (nSPS) is 14.1. The fourth-order valence-electron chi connectivity index (χ4n) is 2.38. The summed E-state index contributed by atoms with van der Waals surface area (Å²) in [6, 6.07) is 6.57. The van der Waals surface area contributed by atoms with E-state index >= 15 is 0 Å². The minimum absolute atomic E-state index is 0.283. The molecule has 0 fully saturated rings. The fraction of sp³-hybridized carbons (Fsp3) is 0.250. The Morgan fingerprint density at radius 1 is 1.21 bits per heavy atom. The Balaban J connectivity index is 1.52. The number of amides is 2. The maximum absolute atomic E-state index is 11.9. The molecule has 0 saturated heterocycles. The van der Waals surface area contributed by atoms with E-state index in [1.807, 2.05) is 0 Å². The van der Waals surface area contributed by atoms with Crippen molar-refractivity contribution >= 4 is 35.1 Å². The zero-order valence-corrected chi connectivity index (χ0v) is 14.4. The third kappa shape index (κ3) is 4.29. The monoisotopic (exact) mass is 365 g/mol. The van der Waals surface area contributed by atoms with Gasteiger partial charge in [-0.3, -0.25) is 10.2 Å². The summed E-state index contributed by atoms with van der Waals surface area (Å²) in [5.74, 6) is 0.446. The molecular formula is C16H17Cl2N5O. The van der Waals surface area contributed by atoms with Crippen molar-refractivity contribution < 1.29 is 4.79 Å². The Morgan fingerprint density at radius 3 is 2.75 bits per heavy atom. The SMILES string of the molecule is O=C(NCCN1CC=CC1)Nc1ccn(-c2ccc(Cl)cc2Cl)n1. The summed E-state index contributed by atoms with van der Waals surface area (Å²) in [5, 5.41) is 10.9. The van der Waals surface area contributed by atoms with Crippen molar-refractivity contribution in [3.63, 3.8) is 0 Å². The number of carbonyl (C=O) groups excluding carboxylic acids is 1. The van der Waals surface area contributed by atoms with E-state index in [0.29, 0.717) is 28.1 Å². The van der Waals surface area contributed by atoms with Crippen molar-refractivity contribution in [1.29, 1.82) is 0 Å². The Kier molecular flexibility index (Phi) is 5.40. The van der Waals surface area contributed by atoms with Crippen LogP contribution in [0.15, 0.2) is 42.6 Å². The minimum Gasteiger partial charge on any atom is -0.337 e. The second-order valence-corrected chi connectivity index (χ2v) is 6.20. The summed E-state index contributed by atoms with van der Waals surface area (Å²) >= 11 is 12.0. The highest BCUT2D eigenvalue weighted by Gasteiger charge is 2.09. The Hall–Kier alpha value is -2.02. The second kappa shape index (κ2) is 7.70. The van der Waals surface area contributed by atoms with Crippen molar-refractivity contribution in [3.05, 3.63) is 52.7 Å². The lowest BCUT2D eigenvalue weighted by Gasteiger charge is -2.14. The van der Waals surface area contributed by atoms with Gasteiger partial charge in [-0.25, -0.2) is 9.48 Å². The van der Waals surface area contributed by atoms with Crippen LogP contribution in [0.4, 0.5) is 10.6 Å². The lowest BCUT2D eigenvalue weighted by atomic mass is 10.3. The molecule has 1 aromatic heterocycles. The summed E-state index contributed by atoms with van der Waals surface area (Å²) in [5.41, 5.74) is 0.691. The number of halogens is 2. The summed E-state index contributed by atoms with van der Waals surface area (Å²) in [6.45, 7) is 3.28. The van der Waals surface area contributed by atoms with Crippen molar-refractivity contribution in [1.82, 2.24) is 20.0 Å². The van der Waals surface area contributed by atoms with Crippen LogP contribution in [0, 0.1) is 0 Å². The van der Waals surface area contributed by atoms with E-state index in [9.17, 15) is 4.79 Å². The van der Waals surface area contributed by atoms with Crippen LogP contribution in [0.3, 0.4) is 0 Å². The van der Waals surface area contributed by atoms with Crippen molar-refractivity contribution in [2.75, 3.05) is 31.5 Å². The smallest absolute Gasteiger partial charge is 0.320 e. The third-order valence-corrected chi connectivity index (χ3v) is 4.13. The van der Waals surface area contributed by atoms with Crippen LogP contribution in [-0.4, -0.2) is 46.9 Å². The van der Waals surface area contributed by atoms with E-state index in [4.69, 9.17) is 23.2 Å². The van der Waals surface area contributed by atoms with Gasteiger partial charge in [0.15, 0.2) is 5.82 Å². The van der Waals surface area contributed by atoms with E-state index in [0.717, 1.165) is 19.6 Å². The Labute approximate surface area is 150 Å². The van der Waals surface area contributed by atoms with Gasteiger partial charge in [-0.05, 0) is 18.2 Å². The molecule has 0 unspecified atom stereocenters. The highest BCUT2D eigenvalue weighted by atomic mass is 35.5. The summed E-state index contributed by atoms with van der Waals surface area (Å²) in [4.78, 5) is 14.1. The molecule has 3 rings (SSSR count). The van der Waals surface area contributed by atoms with Gasteiger partial charge in [-0.1, -0.05) is 35.4 Å². The standard InChI is InChI=1S/C16H17Cl2N5O/c17-12-3-4-14(13(18)11-12)23-9-5-15(21-23)20-16(24)19-6-10-22-7-1-2-8-22/h1-5,9,11H,6-8,10H2,(H2,19,20,21,24). The van der Waals surface area contributed by atoms with Crippen LogP contribution in [0.25, 0.3) is 5.69 Å². The number of nitrogens with one attached hydrogen (secondary N) is 2. The van der Waals surface area contributed by atoms with Gasteiger partial charge in [-0.15, -0.1) is 5.10 Å². The number of urea groups is 1. The molecular weight excluding hydrogens is 349 g/mol. The molecule has 1 aliphatic heterocycles. The van der Waals surface area contributed by atoms with Crippen molar-refractivity contribution in [2.45, 2.75) is 0 Å². The van der Waals surface area contributed by atoms with Crippen molar-refractivity contribution in [2.24, 2.45) is 0 Å². The summed E-state index contributed by atoms with van der Waals surface area (Å²) in [6.07, 6.45) is 5.96. The molecule has 2 amide bonds. The molecule has 0 aliphatic carbocycles. The Morgan fingerprint density at radius 2 is 2.00 bits per heavy atom. The number of rotatable bonds is 5. The lowest BCUT2D eigenvalue weighted by molar-refractivity contribution is 0.249. The number of nitrogens with zero attached hydrogens (tertiary/aromatic N) is 3. The lowest BCUT2D eigenvalue weighted by Crippen LogP contribution is -2.36. The van der Waals surface area contributed by atoms with Crippen LogP contribution < -0.4 is 10.6 Å². The average molecular weight is 366 g/mol. The topological polar surface area (TPSA) is 62.2 Å². The van der Waals surface area contributed by atoms with Gasteiger partial charge in [0.25, 0.3) is 0 Å². The van der Waals surface area contributed by atoms with Crippen LogP contribution >= 0.6 is 23.2 Å². The number of hydrogen-bond donors (Lipinski definition) is 2. The maximum Gasteiger partial charge on any atom is 0.320 e. The van der Waals surface area contributed by atoms with Crippen LogP contribution in [-0.2, 0) is 0 Å². The minimum atomic E-state index is -0.283. The van der Waals surface area contributed by atoms with E-state index in [-0.39, 0.29) is 6.03 Å². The van der Waals surface area contributed by atoms with Crippen LogP contribution in [0.5, 0.6) is 0 Å². The van der Waals surface area contributed by atoms with Crippen LogP contribution in [0.1, 0.15) is 0 Å². The molecule has 0 radical (unpaired) electrons. The molecule has 1 aromatic carbocycles. The molecule has 8 heteroatoms. The van der Waals surface area contributed by atoms with E-state index in [1.54, 1.807) is 35.1 Å². The second-order valence-electron chi connectivity index (χ2n) is 5.35. The maximum atomic E-state index is 11.9. The molecule has 24 heavy (non-hydrogen) atoms. The quantitative estimate of drug-likeness (QED) is 0.799. The van der Waals surface area contributed by atoms with Gasteiger partial charge >= 0.3 is 6.03 Å². The molecule has 2 heterocycles. The van der Waals surface area contributed by atoms with Gasteiger partial charge in [0, 0.05) is 43.5 Å². The highest BCUT2D eigenvalue weighted by Crippen LogP contribution is 2.24. The van der Waals surface area contributed by atoms with Gasteiger partial charge in [0.2, 0.25) is 0 Å². The van der Waals surface area contributed by atoms with Gasteiger partial charge in [0.1, 0.15) is 0 Å². The first-order valence-corrected chi connectivity index (χ1v) is 8.31. The molecule has 0 saturated carbocycles. The number of hydrogen-bond acceptors (Lipinski definition) is 3. The Bertz CT molecular complexity index is 751. The first-order valence-electron chi connectivity index (χ1n) is 7.55. The van der Waals surface area contributed by atoms with Crippen molar-refractivity contribution in [3.8, 4) is 5.69 Å². The molecule has 6 nitrogen and oxygen atoms in total. The predicted octanol–water partition coefficient (Wildman–Crippen LogP) is 3.17. The summed E-state index contributed by atoms with van der Waals surface area (Å²) in [7, 11) is 0. The van der Waals surface area contributed by atoms with Gasteiger partial charge < -0.3 is 5.32 Å². The van der Waals surface area contributed by atoms with E-state index in [2.05, 4.69) is 32.8 Å². The zero-order chi connectivity index (χ0) is 16.9. The number of anilines is 1. The van der Waals surface area contributed by atoms with Crippen LogP contribution in [0.2, 0.25) is 10.0 Å². The van der Waals surface area contributed by atoms with Gasteiger partial charge in [-0.2, -0.15) is 0 Å². The highest BCUT2D eigenvalue weighted by molar-refractivity contribution is 6.35. The molecule has 0 bridgehead atoms. The van der Waals surface area contributed by atoms with E-state index < -0.39 is 0 Å². The molecule has 2 aromatic rings. The molecule has 2 N–H and O–H groups in total. The molecule has 0 atom stereocenters. The number of carbonyl (C=O) groups is 1. The third-order valence-electron chi connectivity index (χ3n) is 3.59. The molecule has 126 valence electrons. The fourth-order valence-corrected chi connectivity index (χ4v) is 2.88. The summed E-state index contributed by atoms with van der Waals surface area (Å²) < 4.78 is 1.59. The predicted molar refractivity (Wildman–Crippen MR) is 96.2 cm³/mol. The number of benzene rings is 1. The van der Waals surface area contributed by atoms with E-state index in [1.165, 1.54) is 0 Å². The zero-order valence-electron chi connectivity index (χ0n) is 12.9. The molecule has 1 aliphatic rings. The van der Waals surface area contributed by atoms with Gasteiger partial charge in [0.05, 0.1) is 10.7 Å². The largest absolute Gasteiger partial charge is 0.337 e. The molecule has 0 spiro atoms. The first-order chi connectivity index (χ1) is 11.6.